The molecule has 0 spiro atoms. The highest BCUT2D eigenvalue weighted by Crippen LogP contribution is 2.71. The van der Waals surface area contributed by atoms with Crippen LogP contribution in [-0.2, 0) is 19.1 Å². The van der Waals surface area contributed by atoms with Crippen LogP contribution >= 0.6 is 0 Å². The second kappa shape index (κ2) is 13.5. The lowest BCUT2D eigenvalue weighted by atomic mass is 9.68. The maximum atomic E-state index is 15.0. The van der Waals surface area contributed by atoms with Gasteiger partial charge in [-0.1, -0.05) is 77.3 Å². The van der Waals surface area contributed by atoms with Crippen LogP contribution in [0.1, 0.15) is 119 Å². The highest BCUT2D eigenvalue weighted by Gasteiger charge is 2.70. The molecule has 4 saturated carbocycles. The fraction of sp³-hybridized carbons (Fsp3) is 0.744. The van der Waals surface area contributed by atoms with Gasteiger partial charge in [-0.15, -0.1) is 0 Å². The van der Waals surface area contributed by atoms with E-state index in [0.717, 1.165) is 51.4 Å². The van der Waals surface area contributed by atoms with E-state index in [1.165, 1.54) is 18.1 Å². The van der Waals surface area contributed by atoms with Gasteiger partial charge in [0.1, 0.15) is 22.9 Å². The number of aliphatic hydroxyl groups is 1. The number of nitrogens with two attached hydrogens (primary N) is 1. The molecule has 11 atom stereocenters. The molecule has 0 heterocycles. The molecule has 7 nitrogen and oxygen atoms in total. The molecule has 6 aliphatic rings. The zero-order valence-electron chi connectivity index (χ0n) is 31.9. The van der Waals surface area contributed by atoms with Crippen LogP contribution in [0.3, 0.4) is 0 Å². The Morgan fingerprint density at radius 1 is 1.08 bits per heavy atom. The summed E-state index contributed by atoms with van der Waals surface area (Å²) in [6, 6.07) is -0.485. The lowest BCUT2D eigenvalue weighted by molar-refractivity contribution is -0.140. The molecule has 0 aromatic heterocycles. The second-order valence-electron chi connectivity index (χ2n) is 18.7. The Morgan fingerprint density at radius 2 is 1.76 bits per heavy atom. The molecule has 6 aliphatic carbocycles. The van der Waals surface area contributed by atoms with Crippen molar-refractivity contribution in [3.8, 4) is 0 Å². The number of rotatable bonds is 14. The zero-order chi connectivity index (χ0) is 36.5. The number of allylic oxidation sites excluding steroid dienone is 4. The predicted octanol–water partition coefficient (Wildman–Crippen LogP) is 7.60. The van der Waals surface area contributed by atoms with Crippen molar-refractivity contribution in [1.29, 1.82) is 0 Å². The van der Waals surface area contributed by atoms with E-state index in [-0.39, 0.29) is 53.0 Å². The highest BCUT2D eigenvalue weighted by molar-refractivity contribution is 5.95. The van der Waals surface area contributed by atoms with Gasteiger partial charge in [0.2, 0.25) is 5.91 Å². The van der Waals surface area contributed by atoms with Gasteiger partial charge in [-0.3, -0.25) is 14.4 Å². The van der Waals surface area contributed by atoms with Gasteiger partial charge >= 0.3 is 0 Å². The number of hydrogen-bond donors (Lipinski definition) is 3. The van der Waals surface area contributed by atoms with Crippen molar-refractivity contribution < 1.29 is 24.2 Å². The van der Waals surface area contributed by atoms with Crippen LogP contribution in [-0.4, -0.2) is 39.9 Å². The van der Waals surface area contributed by atoms with E-state index < -0.39 is 35.1 Å². The largest absolute Gasteiger partial charge is 0.492 e. The molecule has 1 amide bonds. The average Bonchev–Trinajstić information content (AvgIpc) is 3.77. The normalized spacial score (nSPS) is 34.8. The second-order valence-corrected chi connectivity index (χ2v) is 18.7. The van der Waals surface area contributed by atoms with Gasteiger partial charge in [-0.05, 0) is 112 Å². The smallest absolute Gasteiger partial charge is 0.224 e. The van der Waals surface area contributed by atoms with E-state index in [1.807, 2.05) is 27.7 Å². The fourth-order valence-electron chi connectivity index (χ4n) is 10.9. The molecule has 0 aromatic rings. The number of fused-ring (bicyclic) bond motifs is 3. The van der Waals surface area contributed by atoms with Gasteiger partial charge < -0.3 is 20.9 Å². The Labute approximate surface area is 301 Å². The first kappa shape index (κ1) is 37.3. The van der Waals surface area contributed by atoms with E-state index in [1.54, 1.807) is 0 Å². The molecule has 50 heavy (non-hydrogen) atoms. The van der Waals surface area contributed by atoms with Gasteiger partial charge in [-0.25, -0.2) is 0 Å². The Kier molecular flexibility index (Phi) is 10.0. The van der Waals surface area contributed by atoms with Crippen molar-refractivity contribution in [2.75, 3.05) is 0 Å². The lowest BCUT2D eigenvalue weighted by Crippen LogP contribution is -2.50. The summed E-state index contributed by atoms with van der Waals surface area (Å²) in [5.74, 6) is 0.674. The van der Waals surface area contributed by atoms with Crippen LogP contribution in [0, 0.1) is 64.6 Å². The van der Waals surface area contributed by atoms with E-state index in [0.29, 0.717) is 41.9 Å². The molecule has 7 heteroatoms. The van der Waals surface area contributed by atoms with Crippen molar-refractivity contribution in [1.82, 2.24) is 5.32 Å². The van der Waals surface area contributed by atoms with E-state index >= 15 is 4.79 Å². The number of carbonyl (C=O) groups excluding carboxylic acids is 3. The summed E-state index contributed by atoms with van der Waals surface area (Å²) < 4.78 is 6.36. The SMILES string of the molecule is C=C(OC(C)(C)C)C1C2=C(C[C@@H]1C(=O)CC(C(=O)C1CC3C(C1C(=O)NC(CCC)C(=C)C(C)(N)O)C3(C)C)C1CCCCC1)C1CC1C=C2. The molecule has 276 valence electrons. The first-order chi connectivity index (χ1) is 23.3. The number of amides is 1. The standard InChI is InChI=1S/C43H64N2O5/c1-10-14-34(23(2)43(9,44)49)45-40(48)37-32(21-33-38(37)42(33,7)8)39(47)29(25-15-12-11-13-16-25)22-35(46)31-20-30-27(18-17-26-19-28(26)30)36(31)24(3)50-41(4,5)6/h17-18,25-26,28-29,31-34,36-38,49H,2-3,10-16,19-22,44H2,1,4-9H3,(H,45,48)/t26?,28?,29?,31-,32?,33?,34?,36?,37?,38?,43?/m1/s1. The van der Waals surface area contributed by atoms with Gasteiger partial charge in [0.25, 0.3) is 0 Å². The number of carbonyl (C=O) groups is 3. The minimum absolute atomic E-state index is 0.0189. The molecular formula is C43H64N2O5. The van der Waals surface area contributed by atoms with Crippen molar-refractivity contribution in [3.05, 3.63) is 47.8 Å². The third kappa shape index (κ3) is 7.12. The van der Waals surface area contributed by atoms with E-state index in [4.69, 9.17) is 10.5 Å². The maximum absolute atomic E-state index is 15.0. The molecule has 0 radical (unpaired) electrons. The van der Waals surface area contributed by atoms with Crippen LogP contribution in [0.5, 0.6) is 0 Å². The monoisotopic (exact) mass is 688 g/mol. The van der Waals surface area contributed by atoms with E-state index in [9.17, 15) is 14.7 Å². The molecule has 0 bridgehead atoms. The molecule has 4 fully saturated rings. The summed E-state index contributed by atoms with van der Waals surface area (Å²) in [5.41, 5.74) is 6.93. The quantitative estimate of drug-likeness (QED) is 0.0983. The summed E-state index contributed by atoms with van der Waals surface area (Å²) in [6.07, 6.45) is 13.9. The third-order valence-corrected chi connectivity index (χ3v) is 13.7. The van der Waals surface area contributed by atoms with Crippen molar-refractivity contribution in [3.63, 3.8) is 0 Å². The van der Waals surface area contributed by atoms with Gasteiger partial charge in [0.05, 0.1) is 23.6 Å². The zero-order valence-corrected chi connectivity index (χ0v) is 31.9. The molecule has 0 saturated heterocycles. The summed E-state index contributed by atoms with van der Waals surface area (Å²) in [6.45, 7) is 22.4. The van der Waals surface area contributed by atoms with Crippen LogP contribution in [0.25, 0.3) is 0 Å². The summed E-state index contributed by atoms with van der Waals surface area (Å²) in [5, 5.41) is 13.7. The number of Topliss-reactive ketones (excluding diaryl/α,β-unsaturated/α-hetero) is 2. The minimum atomic E-state index is -1.63. The lowest BCUT2D eigenvalue weighted by Gasteiger charge is -2.35. The van der Waals surface area contributed by atoms with Crippen molar-refractivity contribution >= 4 is 17.5 Å². The molecular weight excluding hydrogens is 624 g/mol. The van der Waals surface area contributed by atoms with Gasteiger partial charge in [0, 0.05) is 24.2 Å². The Hall–Kier alpha value is -2.51. The minimum Gasteiger partial charge on any atom is -0.492 e. The number of nitrogens with one attached hydrogen (secondary N) is 1. The van der Waals surface area contributed by atoms with Gasteiger partial charge in [0.15, 0.2) is 0 Å². The van der Waals surface area contributed by atoms with Crippen LogP contribution < -0.4 is 11.1 Å². The number of ketones is 2. The van der Waals surface area contributed by atoms with Crippen molar-refractivity contribution in [2.24, 2.45) is 70.3 Å². The number of ether oxygens (including phenoxy) is 1. The Morgan fingerprint density at radius 3 is 2.38 bits per heavy atom. The van der Waals surface area contributed by atoms with Crippen molar-refractivity contribution in [2.45, 2.75) is 136 Å². The Balaban J connectivity index is 1.26. The molecule has 0 aromatic carbocycles. The molecule has 0 aliphatic heterocycles. The van der Waals surface area contributed by atoms with Gasteiger partial charge in [-0.2, -0.15) is 0 Å². The summed E-state index contributed by atoms with van der Waals surface area (Å²) in [7, 11) is 0. The molecule has 10 unspecified atom stereocenters. The summed E-state index contributed by atoms with van der Waals surface area (Å²) >= 11 is 0. The van der Waals surface area contributed by atoms with Crippen LogP contribution in [0.15, 0.2) is 47.8 Å². The number of hydrogen-bond acceptors (Lipinski definition) is 6. The summed E-state index contributed by atoms with van der Waals surface area (Å²) in [4.78, 5) is 44.1. The molecule has 4 N–H and O–H groups in total. The first-order valence-electron chi connectivity index (χ1n) is 19.7. The first-order valence-corrected chi connectivity index (χ1v) is 19.7. The maximum Gasteiger partial charge on any atom is 0.224 e. The fourth-order valence-corrected chi connectivity index (χ4v) is 10.9. The highest BCUT2D eigenvalue weighted by atomic mass is 16.5. The van der Waals surface area contributed by atoms with Crippen LogP contribution in [0.4, 0.5) is 0 Å². The average molecular weight is 689 g/mol. The predicted molar refractivity (Wildman–Crippen MR) is 197 cm³/mol. The molecule has 6 rings (SSSR count). The van der Waals surface area contributed by atoms with Crippen LogP contribution in [0.2, 0.25) is 0 Å². The topological polar surface area (TPSA) is 119 Å². The van der Waals surface area contributed by atoms with E-state index in [2.05, 4.69) is 44.5 Å². The Bertz CT molecular complexity index is 1470. The third-order valence-electron chi connectivity index (χ3n) is 13.7.